The molecule has 0 fully saturated rings. The number of hydrogen-bond donors (Lipinski definition) is 2. The number of rotatable bonds is 6. The van der Waals surface area contributed by atoms with Crippen LogP contribution in [0.5, 0.6) is 0 Å². The highest BCUT2D eigenvalue weighted by molar-refractivity contribution is 5.93. The molecule has 1 aromatic carbocycles. The van der Waals surface area contributed by atoms with Crippen molar-refractivity contribution in [2.24, 2.45) is 5.73 Å². The Morgan fingerprint density at radius 3 is 2.57 bits per heavy atom. The molecule has 2 aromatic heterocycles. The monoisotopic (exact) mass is 383 g/mol. The van der Waals surface area contributed by atoms with Gasteiger partial charge in [0.15, 0.2) is 0 Å². The molecule has 0 aliphatic rings. The SMILES string of the molecule is CC(C)(CNc1ccc(-c2cccc(C(N)=O)c2)nn1)c1ncc(F)cc1F. The van der Waals surface area contributed by atoms with E-state index in [1.54, 1.807) is 50.2 Å². The number of nitrogens with two attached hydrogens (primary N) is 1. The quantitative estimate of drug-likeness (QED) is 0.681. The lowest BCUT2D eigenvalue weighted by Crippen LogP contribution is -2.30. The average molecular weight is 383 g/mol. The van der Waals surface area contributed by atoms with E-state index in [1.807, 2.05) is 0 Å². The van der Waals surface area contributed by atoms with Crippen LogP contribution < -0.4 is 11.1 Å². The Morgan fingerprint density at radius 2 is 1.93 bits per heavy atom. The number of aromatic nitrogens is 3. The van der Waals surface area contributed by atoms with Gasteiger partial charge < -0.3 is 11.1 Å². The third kappa shape index (κ3) is 4.28. The standard InChI is InChI=1S/C20H19F2N5O/c1-20(2,18-15(22)9-14(21)10-24-18)11-25-17-7-6-16(26-27-17)12-4-3-5-13(8-12)19(23)28/h3-10H,11H2,1-2H3,(H2,23,28)(H,25,27). The van der Waals surface area contributed by atoms with Crippen molar-refractivity contribution in [2.45, 2.75) is 19.3 Å². The van der Waals surface area contributed by atoms with E-state index in [9.17, 15) is 13.6 Å². The van der Waals surface area contributed by atoms with Gasteiger partial charge in [-0.2, -0.15) is 0 Å². The van der Waals surface area contributed by atoms with Crippen LogP contribution >= 0.6 is 0 Å². The maximum Gasteiger partial charge on any atom is 0.248 e. The fraction of sp³-hybridized carbons (Fsp3) is 0.200. The molecule has 0 saturated carbocycles. The van der Waals surface area contributed by atoms with E-state index in [-0.39, 0.29) is 5.69 Å². The van der Waals surface area contributed by atoms with Crippen LogP contribution in [0.2, 0.25) is 0 Å². The number of primary amides is 1. The molecule has 0 atom stereocenters. The lowest BCUT2D eigenvalue weighted by Gasteiger charge is -2.25. The van der Waals surface area contributed by atoms with Crippen LogP contribution in [0.25, 0.3) is 11.3 Å². The molecule has 0 bridgehead atoms. The summed E-state index contributed by atoms with van der Waals surface area (Å²) >= 11 is 0. The van der Waals surface area contributed by atoms with Gasteiger partial charge >= 0.3 is 0 Å². The number of carbonyl (C=O) groups excluding carboxylic acids is 1. The Morgan fingerprint density at radius 1 is 1.14 bits per heavy atom. The number of pyridine rings is 1. The Labute approximate surface area is 160 Å². The minimum Gasteiger partial charge on any atom is -0.368 e. The molecule has 0 saturated heterocycles. The first kappa shape index (κ1) is 19.3. The average Bonchev–Trinajstić information content (AvgIpc) is 2.66. The van der Waals surface area contributed by atoms with Crippen molar-refractivity contribution in [3.05, 3.63) is 71.6 Å². The van der Waals surface area contributed by atoms with Gasteiger partial charge in [-0.1, -0.05) is 26.0 Å². The van der Waals surface area contributed by atoms with Crippen molar-refractivity contribution in [1.29, 1.82) is 0 Å². The Hall–Kier alpha value is -3.42. The molecule has 144 valence electrons. The van der Waals surface area contributed by atoms with Gasteiger partial charge in [-0.15, -0.1) is 10.2 Å². The Bertz CT molecular complexity index is 1010. The van der Waals surface area contributed by atoms with Crippen LogP contribution in [0, 0.1) is 11.6 Å². The smallest absolute Gasteiger partial charge is 0.248 e. The molecule has 2 heterocycles. The number of hydrogen-bond acceptors (Lipinski definition) is 5. The Kier molecular flexibility index (Phi) is 5.30. The van der Waals surface area contributed by atoms with Gasteiger partial charge in [0.25, 0.3) is 0 Å². The molecule has 0 spiro atoms. The minimum absolute atomic E-state index is 0.161. The molecule has 0 aliphatic carbocycles. The summed E-state index contributed by atoms with van der Waals surface area (Å²) in [5.41, 5.74) is 6.44. The van der Waals surface area contributed by atoms with Crippen LogP contribution in [0.1, 0.15) is 29.9 Å². The molecule has 0 radical (unpaired) electrons. The summed E-state index contributed by atoms with van der Waals surface area (Å²) in [7, 11) is 0. The van der Waals surface area contributed by atoms with Crippen molar-refractivity contribution < 1.29 is 13.6 Å². The first-order valence-electron chi connectivity index (χ1n) is 8.55. The number of halogens is 2. The van der Waals surface area contributed by atoms with Crippen LogP contribution in [0.3, 0.4) is 0 Å². The van der Waals surface area contributed by atoms with Gasteiger partial charge in [0.1, 0.15) is 17.5 Å². The van der Waals surface area contributed by atoms with Crippen LogP contribution in [-0.4, -0.2) is 27.6 Å². The van der Waals surface area contributed by atoms with Gasteiger partial charge in [0.2, 0.25) is 5.91 Å². The molecule has 3 N–H and O–H groups in total. The summed E-state index contributed by atoms with van der Waals surface area (Å²) in [6.45, 7) is 3.90. The van der Waals surface area contributed by atoms with Crippen molar-refractivity contribution in [3.8, 4) is 11.3 Å². The fourth-order valence-corrected chi connectivity index (χ4v) is 2.72. The topological polar surface area (TPSA) is 93.8 Å². The predicted molar refractivity (Wildman–Crippen MR) is 102 cm³/mol. The zero-order valence-corrected chi connectivity index (χ0v) is 15.4. The van der Waals surface area contributed by atoms with E-state index in [2.05, 4.69) is 20.5 Å². The molecule has 0 aliphatic heterocycles. The van der Waals surface area contributed by atoms with Crippen LogP contribution in [-0.2, 0) is 5.41 Å². The van der Waals surface area contributed by atoms with E-state index in [0.717, 1.165) is 12.3 Å². The lowest BCUT2D eigenvalue weighted by molar-refractivity contribution is 0.100. The minimum atomic E-state index is -0.716. The van der Waals surface area contributed by atoms with E-state index >= 15 is 0 Å². The third-order valence-electron chi connectivity index (χ3n) is 4.27. The van der Waals surface area contributed by atoms with E-state index in [4.69, 9.17) is 5.73 Å². The van der Waals surface area contributed by atoms with Crippen LogP contribution in [0.15, 0.2) is 48.7 Å². The number of anilines is 1. The first-order valence-corrected chi connectivity index (χ1v) is 8.55. The number of amides is 1. The molecule has 3 aromatic rings. The van der Waals surface area contributed by atoms with Crippen molar-refractivity contribution in [1.82, 2.24) is 15.2 Å². The predicted octanol–water partition coefficient (Wildman–Crippen LogP) is 3.31. The summed E-state index contributed by atoms with van der Waals surface area (Å²) in [4.78, 5) is 15.2. The van der Waals surface area contributed by atoms with Gasteiger partial charge in [-0.05, 0) is 24.3 Å². The summed E-state index contributed by atoms with van der Waals surface area (Å²) in [5.74, 6) is -1.43. The molecule has 0 unspecified atom stereocenters. The highest BCUT2D eigenvalue weighted by Gasteiger charge is 2.26. The second kappa shape index (κ2) is 7.67. The normalized spacial score (nSPS) is 11.3. The van der Waals surface area contributed by atoms with E-state index in [1.165, 1.54) is 0 Å². The number of benzene rings is 1. The molecule has 1 amide bonds. The second-order valence-electron chi connectivity index (χ2n) is 6.97. The number of carbonyl (C=O) groups is 1. The lowest BCUT2D eigenvalue weighted by atomic mass is 9.88. The van der Waals surface area contributed by atoms with Gasteiger partial charge in [-0.25, -0.2) is 8.78 Å². The van der Waals surface area contributed by atoms with Gasteiger partial charge in [-0.3, -0.25) is 9.78 Å². The molecule has 8 heteroatoms. The van der Waals surface area contributed by atoms with Gasteiger partial charge in [0.05, 0.1) is 17.6 Å². The van der Waals surface area contributed by atoms with Crippen LogP contribution in [0.4, 0.5) is 14.6 Å². The van der Waals surface area contributed by atoms with Crippen molar-refractivity contribution >= 4 is 11.7 Å². The van der Waals surface area contributed by atoms with Crippen molar-refractivity contribution in [3.63, 3.8) is 0 Å². The molecule has 28 heavy (non-hydrogen) atoms. The maximum atomic E-state index is 14.0. The summed E-state index contributed by atoms with van der Waals surface area (Å²) < 4.78 is 27.1. The third-order valence-corrected chi connectivity index (χ3v) is 4.27. The number of nitrogens with one attached hydrogen (secondary N) is 1. The summed E-state index contributed by atoms with van der Waals surface area (Å²) in [5, 5.41) is 11.3. The highest BCUT2D eigenvalue weighted by Crippen LogP contribution is 2.25. The highest BCUT2D eigenvalue weighted by atomic mass is 19.1. The van der Waals surface area contributed by atoms with Crippen molar-refractivity contribution in [2.75, 3.05) is 11.9 Å². The molecular weight excluding hydrogens is 364 g/mol. The van der Waals surface area contributed by atoms with E-state index < -0.39 is 23.0 Å². The van der Waals surface area contributed by atoms with E-state index in [0.29, 0.717) is 29.2 Å². The largest absolute Gasteiger partial charge is 0.368 e. The molecule has 3 rings (SSSR count). The number of nitrogens with zero attached hydrogens (tertiary/aromatic N) is 3. The maximum absolute atomic E-state index is 14.0. The fourth-order valence-electron chi connectivity index (χ4n) is 2.72. The second-order valence-corrected chi connectivity index (χ2v) is 6.97. The Balaban J connectivity index is 1.72. The van der Waals surface area contributed by atoms with Gasteiger partial charge in [0, 0.05) is 29.2 Å². The first-order chi connectivity index (χ1) is 13.3. The molecule has 6 nitrogen and oxygen atoms in total. The zero-order valence-electron chi connectivity index (χ0n) is 15.4. The summed E-state index contributed by atoms with van der Waals surface area (Å²) in [6, 6.07) is 11.1. The zero-order chi connectivity index (χ0) is 20.3. The summed E-state index contributed by atoms with van der Waals surface area (Å²) in [6.07, 6.45) is 0.995. The molecular formula is C20H19F2N5O.